The molecule has 154 valence electrons. The van der Waals surface area contributed by atoms with E-state index in [1.807, 2.05) is 25.1 Å². The van der Waals surface area contributed by atoms with Crippen LogP contribution in [0.4, 0.5) is 13.2 Å². The maximum absolute atomic E-state index is 12.3. The second-order valence-corrected chi connectivity index (χ2v) is 6.29. The van der Waals surface area contributed by atoms with Gasteiger partial charge < -0.3 is 4.74 Å². The number of benzene rings is 2. The average Bonchev–Trinajstić information content (AvgIpc) is 3.17. The molecule has 1 aromatic heterocycles. The summed E-state index contributed by atoms with van der Waals surface area (Å²) in [7, 11) is 0. The monoisotopic (exact) mass is 417 g/mol. The molecule has 8 nitrogen and oxygen atoms in total. The normalized spacial score (nSPS) is 11.1. The Balaban J connectivity index is 1.73. The van der Waals surface area contributed by atoms with Gasteiger partial charge >= 0.3 is 12.3 Å². The largest absolute Gasteiger partial charge is 0.573 e. The van der Waals surface area contributed by atoms with E-state index in [1.54, 1.807) is 0 Å². The Morgan fingerprint density at radius 1 is 1.23 bits per heavy atom. The van der Waals surface area contributed by atoms with Crippen LogP contribution in [0.5, 0.6) is 5.75 Å². The number of aryl methyl sites for hydroxylation is 2. The first-order valence-corrected chi connectivity index (χ1v) is 8.73. The fourth-order valence-corrected chi connectivity index (χ4v) is 2.78. The standard InChI is InChI=1S/C19H16F3N6O2/c1-12-10-14(3-2-13(12)4-9-17(29)25-27-23)18-24-11-28(26-18)15-5-7-16(8-6-15)30-19(20,21)22/h2-3,5-8,10-11,23H,4,9H2,1H3/q+1. The van der Waals surface area contributed by atoms with Gasteiger partial charge in [-0.3, -0.25) is 4.79 Å². The predicted molar refractivity (Wildman–Crippen MR) is 98.8 cm³/mol. The number of nitrogens with one attached hydrogen (secondary N) is 1. The lowest BCUT2D eigenvalue weighted by atomic mass is 10.0. The number of carbonyl (C=O) groups excluding carboxylic acids is 1. The van der Waals surface area contributed by atoms with Gasteiger partial charge in [-0.1, -0.05) is 12.1 Å². The van der Waals surface area contributed by atoms with E-state index in [0.717, 1.165) is 16.7 Å². The number of carbonyl (C=O) groups is 1. The number of nitrogens with zero attached hydrogens (tertiary/aromatic N) is 5. The van der Waals surface area contributed by atoms with Gasteiger partial charge in [-0.2, -0.15) is 0 Å². The number of rotatable bonds is 6. The Bertz CT molecular complexity index is 1100. The summed E-state index contributed by atoms with van der Waals surface area (Å²) < 4.78 is 42.1. The summed E-state index contributed by atoms with van der Waals surface area (Å²) in [6.45, 7) is 1.89. The zero-order chi connectivity index (χ0) is 21.7. The molecule has 3 aromatic rings. The molecule has 0 saturated carbocycles. The molecule has 11 heteroatoms. The Labute approximate surface area is 168 Å². The van der Waals surface area contributed by atoms with Crippen molar-refractivity contribution in [3.63, 3.8) is 0 Å². The first kappa shape index (κ1) is 20.9. The number of alkyl halides is 3. The first-order chi connectivity index (χ1) is 14.2. The minimum Gasteiger partial charge on any atom is -0.406 e. The van der Waals surface area contributed by atoms with Gasteiger partial charge in [0.15, 0.2) is 10.9 Å². The number of aromatic nitrogens is 3. The van der Waals surface area contributed by atoms with Gasteiger partial charge in [0, 0.05) is 12.0 Å². The molecule has 1 heterocycles. The lowest BCUT2D eigenvalue weighted by Crippen LogP contribution is -2.17. The molecule has 0 fully saturated rings. The van der Waals surface area contributed by atoms with Crippen molar-refractivity contribution in [2.24, 2.45) is 5.11 Å². The third-order valence-electron chi connectivity index (χ3n) is 4.20. The minimum absolute atomic E-state index is 0.156. The molecular formula is C19H16F3N6O2+. The van der Waals surface area contributed by atoms with E-state index < -0.39 is 12.3 Å². The molecule has 0 spiro atoms. The highest BCUT2D eigenvalue weighted by Crippen LogP contribution is 2.24. The molecule has 0 atom stereocenters. The number of ether oxygens (including phenoxy) is 1. The number of halogens is 3. The van der Waals surface area contributed by atoms with Gasteiger partial charge in [0.1, 0.15) is 17.6 Å². The summed E-state index contributed by atoms with van der Waals surface area (Å²) in [6, 6.07) is 10.8. The van der Waals surface area contributed by atoms with Crippen LogP contribution in [0.1, 0.15) is 17.5 Å². The van der Waals surface area contributed by atoms with Gasteiger partial charge in [-0.25, -0.2) is 9.67 Å². The van der Waals surface area contributed by atoms with E-state index in [4.69, 9.17) is 5.53 Å². The van der Waals surface area contributed by atoms with Gasteiger partial charge in [-0.05, 0) is 54.8 Å². The second kappa shape index (κ2) is 8.66. The molecule has 0 bridgehead atoms. The van der Waals surface area contributed by atoms with Crippen LogP contribution in [0.25, 0.3) is 17.1 Å². The van der Waals surface area contributed by atoms with Crippen LogP contribution >= 0.6 is 0 Å². The summed E-state index contributed by atoms with van der Waals surface area (Å²) in [5, 5.41) is 7.52. The molecule has 30 heavy (non-hydrogen) atoms. The third-order valence-corrected chi connectivity index (χ3v) is 4.20. The Kier molecular flexibility index (Phi) is 6.03. The quantitative estimate of drug-likeness (QED) is 0.480. The second-order valence-electron chi connectivity index (χ2n) is 6.29. The van der Waals surface area contributed by atoms with Crippen molar-refractivity contribution in [1.29, 1.82) is 5.53 Å². The van der Waals surface area contributed by atoms with E-state index in [9.17, 15) is 18.0 Å². The fraction of sp³-hybridized carbons (Fsp3) is 0.211. The number of hydrogen-bond acceptors (Lipinski definition) is 5. The highest BCUT2D eigenvalue weighted by molar-refractivity contribution is 5.76. The van der Waals surface area contributed by atoms with E-state index >= 15 is 0 Å². The summed E-state index contributed by atoms with van der Waals surface area (Å²) in [6.07, 6.45) is -2.66. The molecule has 0 aliphatic carbocycles. The van der Waals surface area contributed by atoms with Gasteiger partial charge in [0.05, 0.1) is 5.69 Å². The zero-order valence-corrected chi connectivity index (χ0v) is 15.7. The molecule has 2 aromatic carbocycles. The van der Waals surface area contributed by atoms with Gasteiger partial charge in [0.2, 0.25) is 4.91 Å². The van der Waals surface area contributed by atoms with E-state index in [-0.39, 0.29) is 12.2 Å². The smallest absolute Gasteiger partial charge is 0.406 e. The SMILES string of the molecule is Cc1cc(-c2ncn(-c3ccc(OC(F)(F)F)cc3)n2)ccc1CCC(=O)N=[N+]=N. The Morgan fingerprint density at radius 2 is 1.97 bits per heavy atom. The number of hydrogen-bond donors (Lipinski definition) is 1. The maximum Gasteiger partial charge on any atom is 0.573 e. The lowest BCUT2D eigenvalue weighted by molar-refractivity contribution is -0.274. The van der Waals surface area contributed by atoms with Crippen LogP contribution in [-0.2, 0) is 11.2 Å². The maximum atomic E-state index is 12.3. The molecule has 0 radical (unpaired) electrons. The van der Waals surface area contributed by atoms with Crippen LogP contribution in [0, 0.1) is 12.5 Å². The van der Waals surface area contributed by atoms with Gasteiger partial charge in [-0.15, -0.1) is 18.3 Å². The molecule has 0 aliphatic heterocycles. The van der Waals surface area contributed by atoms with Crippen molar-refractivity contribution in [2.75, 3.05) is 0 Å². The van der Waals surface area contributed by atoms with Crippen LogP contribution in [0.3, 0.4) is 0 Å². The topological polar surface area (TPSA) is 107 Å². The summed E-state index contributed by atoms with van der Waals surface area (Å²) in [5.41, 5.74) is 9.73. The highest BCUT2D eigenvalue weighted by atomic mass is 19.4. The van der Waals surface area contributed by atoms with E-state index in [0.29, 0.717) is 17.9 Å². The molecule has 3 rings (SSSR count). The van der Waals surface area contributed by atoms with Gasteiger partial charge in [0.25, 0.3) is 0 Å². The highest BCUT2D eigenvalue weighted by Gasteiger charge is 2.31. The van der Waals surface area contributed by atoms with Crippen molar-refractivity contribution in [3.05, 3.63) is 59.9 Å². The Morgan fingerprint density at radius 3 is 2.60 bits per heavy atom. The fourth-order valence-electron chi connectivity index (χ4n) is 2.78. The molecule has 0 unspecified atom stereocenters. The molecule has 1 N–H and O–H groups in total. The molecule has 0 saturated heterocycles. The van der Waals surface area contributed by atoms with Crippen molar-refractivity contribution in [1.82, 2.24) is 19.7 Å². The summed E-state index contributed by atoms with van der Waals surface area (Å²) in [5.74, 6) is -0.333. The van der Waals surface area contributed by atoms with Crippen molar-refractivity contribution in [3.8, 4) is 22.8 Å². The zero-order valence-electron chi connectivity index (χ0n) is 15.7. The molecular weight excluding hydrogens is 401 g/mol. The van der Waals surface area contributed by atoms with Crippen LogP contribution in [-0.4, -0.2) is 27.0 Å². The van der Waals surface area contributed by atoms with Crippen LogP contribution in [0.2, 0.25) is 0 Å². The van der Waals surface area contributed by atoms with Crippen LogP contribution < -0.4 is 9.65 Å². The van der Waals surface area contributed by atoms with E-state index in [1.165, 1.54) is 35.3 Å². The summed E-state index contributed by atoms with van der Waals surface area (Å²) >= 11 is 0. The van der Waals surface area contributed by atoms with Crippen molar-refractivity contribution < 1.29 is 22.7 Å². The lowest BCUT2D eigenvalue weighted by Gasteiger charge is -2.09. The Hall–Kier alpha value is -3.85. The first-order valence-electron chi connectivity index (χ1n) is 8.73. The predicted octanol–water partition coefficient (Wildman–Crippen LogP) is 4.15. The summed E-state index contributed by atoms with van der Waals surface area (Å²) in [4.78, 5) is 18.3. The van der Waals surface area contributed by atoms with Crippen molar-refractivity contribution >= 4 is 5.91 Å². The number of amides is 1. The molecule has 0 aliphatic rings. The van der Waals surface area contributed by atoms with Crippen molar-refractivity contribution in [2.45, 2.75) is 26.1 Å². The average molecular weight is 417 g/mol. The third kappa shape index (κ3) is 5.36. The van der Waals surface area contributed by atoms with E-state index in [2.05, 4.69) is 24.8 Å². The minimum atomic E-state index is -4.75. The van der Waals surface area contributed by atoms with Crippen LogP contribution in [0.15, 0.2) is 53.9 Å². The molecule has 1 amide bonds.